The molecule has 3 N–H and O–H groups in total. The summed E-state index contributed by atoms with van der Waals surface area (Å²) in [6.45, 7) is 5.52. The number of nitrogens with two attached hydrogens (primary N) is 1. The van der Waals surface area contributed by atoms with Crippen LogP contribution in [0, 0.1) is 18.8 Å². The van der Waals surface area contributed by atoms with Gasteiger partial charge in [0, 0.05) is 17.8 Å². The first-order valence-electron chi connectivity index (χ1n) is 7.22. The van der Waals surface area contributed by atoms with E-state index in [9.17, 15) is 0 Å². The smallest absolute Gasteiger partial charge is 0.104 e. The third-order valence-electron chi connectivity index (χ3n) is 4.35. The van der Waals surface area contributed by atoms with E-state index >= 15 is 0 Å². The quantitative estimate of drug-likeness (QED) is 0.820. The highest BCUT2D eigenvalue weighted by Crippen LogP contribution is 2.29. The molecule has 2 atom stereocenters. The molecule has 1 saturated carbocycles. The van der Waals surface area contributed by atoms with E-state index in [1.165, 1.54) is 31.4 Å². The number of aryl methyl sites for hydroxylation is 1. The molecule has 2 nitrogen and oxygen atoms in total. The maximum atomic E-state index is 5.68. The summed E-state index contributed by atoms with van der Waals surface area (Å²) in [4.78, 5) is 0.477. The monoisotopic (exact) mass is 276 g/mol. The van der Waals surface area contributed by atoms with Crippen LogP contribution >= 0.6 is 12.2 Å². The van der Waals surface area contributed by atoms with E-state index in [1.54, 1.807) is 0 Å². The molecule has 1 aromatic carbocycles. The molecule has 1 aliphatic carbocycles. The van der Waals surface area contributed by atoms with Crippen LogP contribution in [0.4, 0.5) is 5.69 Å². The Kier molecular flexibility index (Phi) is 4.81. The number of rotatable bonds is 4. The summed E-state index contributed by atoms with van der Waals surface area (Å²) in [6, 6.07) is 6.24. The first-order valence-corrected chi connectivity index (χ1v) is 7.63. The van der Waals surface area contributed by atoms with Gasteiger partial charge in [-0.3, -0.25) is 0 Å². The van der Waals surface area contributed by atoms with Gasteiger partial charge in [-0.2, -0.15) is 0 Å². The minimum Gasteiger partial charge on any atom is -0.389 e. The molecule has 3 heteroatoms. The fourth-order valence-electron chi connectivity index (χ4n) is 3.00. The van der Waals surface area contributed by atoms with Crippen molar-refractivity contribution in [3.8, 4) is 0 Å². The van der Waals surface area contributed by atoms with Crippen molar-refractivity contribution in [1.29, 1.82) is 0 Å². The van der Waals surface area contributed by atoms with Crippen molar-refractivity contribution in [3.05, 3.63) is 29.3 Å². The molecule has 0 aliphatic heterocycles. The minimum absolute atomic E-state index is 0.477. The van der Waals surface area contributed by atoms with Gasteiger partial charge in [0.05, 0.1) is 0 Å². The van der Waals surface area contributed by atoms with Crippen LogP contribution < -0.4 is 11.1 Å². The van der Waals surface area contributed by atoms with Crippen molar-refractivity contribution >= 4 is 22.9 Å². The molecule has 0 heterocycles. The van der Waals surface area contributed by atoms with Crippen molar-refractivity contribution in [2.24, 2.45) is 17.6 Å². The summed E-state index contributed by atoms with van der Waals surface area (Å²) in [5, 5.41) is 3.57. The lowest BCUT2D eigenvalue weighted by Crippen LogP contribution is -2.24. The summed E-state index contributed by atoms with van der Waals surface area (Å²) >= 11 is 5.03. The highest BCUT2D eigenvalue weighted by molar-refractivity contribution is 7.80. The third-order valence-corrected chi connectivity index (χ3v) is 4.57. The highest BCUT2D eigenvalue weighted by atomic mass is 32.1. The molecule has 0 saturated heterocycles. The van der Waals surface area contributed by atoms with Crippen LogP contribution in [0.5, 0.6) is 0 Å². The SMILES string of the molecule is Cc1cc(NCC2CCCCC2C)ccc1C(N)=S. The van der Waals surface area contributed by atoms with E-state index in [1.807, 2.05) is 6.07 Å². The van der Waals surface area contributed by atoms with Crippen LogP contribution in [-0.4, -0.2) is 11.5 Å². The Balaban J connectivity index is 1.96. The average Bonchev–Trinajstić information content (AvgIpc) is 2.37. The molecule has 0 spiro atoms. The summed E-state index contributed by atoms with van der Waals surface area (Å²) in [7, 11) is 0. The predicted octanol–water partition coefficient (Wildman–Crippen LogP) is 3.87. The van der Waals surface area contributed by atoms with Crippen molar-refractivity contribution in [1.82, 2.24) is 0 Å². The Bertz CT molecular complexity index is 456. The number of nitrogens with one attached hydrogen (secondary N) is 1. The van der Waals surface area contributed by atoms with Crippen LogP contribution in [0.15, 0.2) is 18.2 Å². The summed E-state index contributed by atoms with van der Waals surface area (Å²) in [5.41, 5.74) is 8.99. The van der Waals surface area contributed by atoms with Gasteiger partial charge in [-0.25, -0.2) is 0 Å². The molecule has 2 rings (SSSR count). The van der Waals surface area contributed by atoms with E-state index in [0.29, 0.717) is 4.99 Å². The summed E-state index contributed by atoms with van der Waals surface area (Å²) < 4.78 is 0. The lowest BCUT2D eigenvalue weighted by atomic mass is 9.80. The van der Waals surface area contributed by atoms with Gasteiger partial charge < -0.3 is 11.1 Å². The molecule has 19 heavy (non-hydrogen) atoms. The van der Waals surface area contributed by atoms with Crippen LogP contribution in [-0.2, 0) is 0 Å². The van der Waals surface area contributed by atoms with Gasteiger partial charge in [-0.15, -0.1) is 0 Å². The molecular formula is C16H24N2S. The van der Waals surface area contributed by atoms with Crippen molar-refractivity contribution < 1.29 is 0 Å². The van der Waals surface area contributed by atoms with Crippen LogP contribution in [0.25, 0.3) is 0 Å². The van der Waals surface area contributed by atoms with E-state index in [0.717, 1.165) is 29.5 Å². The molecular weight excluding hydrogens is 252 g/mol. The zero-order valence-electron chi connectivity index (χ0n) is 11.9. The minimum atomic E-state index is 0.477. The fraction of sp³-hybridized carbons (Fsp3) is 0.562. The maximum absolute atomic E-state index is 5.68. The van der Waals surface area contributed by atoms with Gasteiger partial charge >= 0.3 is 0 Å². The molecule has 0 bridgehead atoms. The van der Waals surface area contributed by atoms with Crippen molar-refractivity contribution in [2.75, 3.05) is 11.9 Å². The van der Waals surface area contributed by atoms with Gasteiger partial charge in [0.2, 0.25) is 0 Å². The van der Waals surface area contributed by atoms with Gasteiger partial charge in [-0.05, 0) is 48.9 Å². The largest absolute Gasteiger partial charge is 0.389 e. The molecule has 1 aliphatic rings. The average molecular weight is 276 g/mol. The number of benzene rings is 1. The molecule has 0 amide bonds. The van der Waals surface area contributed by atoms with Crippen LogP contribution in [0.2, 0.25) is 0 Å². The van der Waals surface area contributed by atoms with Crippen molar-refractivity contribution in [3.63, 3.8) is 0 Å². The zero-order chi connectivity index (χ0) is 13.8. The molecule has 0 aromatic heterocycles. The lowest BCUT2D eigenvalue weighted by molar-refractivity contribution is 0.268. The standard InChI is InChI=1S/C16H24N2S/c1-11-5-3-4-6-13(11)10-18-14-7-8-15(16(17)19)12(2)9-14/h7-9,11,13,18H,3-6,10H2,1-2H3,(H2,17,19). The Morgan fingerprint density at radius 2 is 2.11 bits per heavy atom. The number of hydrogen-bond donors (Lipinski definition) is 2. The second-order valence-corrected chi connectivity index (χ2v) is 6.24. The second kappa shape index (κ2) is 6.38. The Morgan fingerprint density at radius 1 is 1.37 bits per heavy atom. The molecule has 1 fully saturated rings. The van der Waals surface area contributed by atoms with Gasteiger partial charge in [-0.1, -0.05) is 38.4 Å². The zero-order valence-corrected chi connectivity index (χ0v) is 12.7. The Labute approximate surface area is 121 Å². The summed E-state index contributed by atoms with van der Waals surface area (Å²) in [5.74, 6) is 1.66. The normalized spacial score (nSPS) is 23.1. The van der Waals surface area contributed by atoms with Crippen molar-refractivity contribution in [2.45, 2.75) is 39.5 Å². The first kappa shape index (κ1) is 14.3. The van der Waals surface area contributed by atoms with Gasteiger partial charge in [0.25, 0.3) is 0 Å². The second-order valence-electron chi connectivity index (χ2n) is 5.80. The summed E-state index contributed by atoms with van der Waals surface area (Å²) in [6.07, 6.45) is 5.53. The molecule has 1 aromatic rings. The molecule has 104 valence electrons. The van der Waals surface area contributed by atoms with Crippen LogP contribution in [0.3, 0.4) is 0 Å². The van der Waals surface area contributed by atoms with Gasteiger partial charge in [0.1, 0.15) is 4.99 Å². The number of thiocarbonyl (C=S) groups is 1. The van der Waals surface area contributed by atoms with E-state index < -0.39 is 0 Å². The topological polar surface area (TPSA) is 38.0 Å². The lowest BCUT2D eigenvalue weighted by Gasteiger charge is -2.29. The third kappa shape index (κ3) is 3.69. The van der Waals surface area contributed by atoms with E-state index in [-0.39, 0.29) is 0 Å². The van der Waals surface area contributed by atoms with E-state index in [2.05, 4.69) is 31.3 Å². The van der Waals surface area contributed by atoms with Gasteiger partial charge in [0.15, 0.2) is 0 Å². The Hall–Kier alpha value is -1.09. The predicted molar refractivity (Wildman–Crippen MR) is 86.7 cm³/mol. The first-order chi connectivity index (χ1) is 9.08. The fourth-order valence-corrected chi connectivity index (χ4v) is 3.22. The maximum Gasteiger partial charge on any atom is 0.104 e. The Morgan fingerprint density at radius 3 is 2.74 bits per heavy atom. The number of anilines is 1. The number of hydrogen-bond acceptors (Lipinski definition) is 2. The van der Waals surface area contributed by atoms with E-state index in [4.69, 9.17) is 18.0 Å². The molecule has 0 radical (unpaired) electrons. The highest BCUT2D eigenvalue weighted by Gasteiger charge is 2.20. The van der Waals surface area contributed by atoms with Crippen LogP contribution in [0.1, 0.15) is 43.7 Å². The molecule has 2 unspecified atom stereocenters.